The van der Waals surface area contributed by atoms with Crippen LogP contribution >= 0.6 is 24.8 Å². The number of nitrogens with two attached hydrogens (primary N) is 1. The van der Waals surface area contributed by atoms with E-state index in [-0.39, 0.29) is 36.8 Å². The molecule has 0 fully saturated rings. The zero-order valence-electron chi connectivity index (χ0n) is 12.1. The zero-order chi connectivity index (χ0) is 13.9. The summed E-state index contributed by atoms with van der Waals surface area (Å²) in [5, 5.41) is 0. The van der Waals surface area contributed by atoms with Crippen molar-refractivity contribution in [3.05, 3.63) is 54.1 Å². The summed E-state index contributed by atoms with van der Waals surface area (Å²) in [7, 11) is 0. The standard InChI is InChI=1S/C15H18N4O.2ClH/c16-13(12-4-2-1-3-5-12)10-15(20)19-9-8-18-7-6-17-14(18)11-19;;/h1-7,13H,8-11,16H2;2*1H. The molecule has 5 nitrogen and oxygen atoms in total. The van der Waals surface area contributed by atoms with Crippen LogP contribution in [0.5, 0.6) is 0 Å². The maximum atomic E-state index is 12.3. The van der Waals surface area contributed by atoms with Crippen LogP contribution in [0.15, 0.2) is 42.7 Å². The Balaban J connectivity index is 0.00000121. The molecule has 1 unspecified atom stereocenters. The molecule has 1 aliphatic heterocycles. The Morgan fingerprint density at radius 1 is 1.23 bits per heavy atom. The van der Waals surface area contributed by atoms with Gasteiger partial charge in [-0.2, -0.15) is 0 Å². The number of benzene rings is 1. The highest BCUT2D eigenvalue weighted by Crippen LogP contribution is 2.17. The van der Waals surface area contributed by atoms with Gasteiger partial charge in [-0.3, -0.25) is 4.79 Å². The first-order chi connectivity index (χ1) is 9.74. The lowest BCUT2D eigenvalue weighted by Gasteiger charge is -2.28. The molecule has 1 amide bonds. The summed E-state index contributed by atoms with van der Waals surface area (Å²) in [6.07, 6.45) is 4.07. The first-order valence-corrected chi connectivity index (χ1v) is 6.82. The molecule has 1 aromatic heterocycles. The van der Waals surface area contributed by atoms with Gasteiger partial charge in [-0.25, -0.2) is 4.98 Å². The molecule has 0 radical (unpaired) electrons. The molecule has 2 aromatic rings. The first-order valence-electron chi connectivity index (χ1n) is 6.82. The summed E-state index contributed by atoms with van der Waals surface area (Å²) in [5.74, 6) is 1.04. The fourth-order valence-corrected chi connectivity index (χ4v) is 2.52. The van der Waals surface area contributed by atoms with Crippen molar-refractivity contribution in [2.24, 2.45) is 5.73 Å². The van der Waals surface area contributed by atoms with Gasteiger partial charge in [-0.15, -0.1) is 24.8 Å². The average molecular weight is 343 g/mol. The number of fused-ring (bicyclic) bond motifs is 1. The van der Waals surface area contributed by atoms with Gasteiger partial charge in [-0.1, -0.05) is 30.3 Å². The van der Waals surface area contributed by atoms with Crippen LogP contribution in [0.1, 0.15) is 23.9 Å². The summed E-state index contributed by atoms with van der Waals surface area (Å²) in [6, 6.07) is 9.50. The van der Waals surface area contributed by atoms with Crippen molar-refractivity contribution >= 4 is 30.7 Å². The summed E-state index contributed by atoms with van der Waals surface area (Å²) in [5.41, 5.74) is 7.11. The molecular weight excluding hydrogens is 323 g/mol. The second-order valence-corrected chi connectivity index (χ2v) is 5.07. The first kappa shape index (κ1) is 18.5. The molecule has 3 rings (SSSR count). The van der Waals surface area contributed by atoms with E-state index in [0.717, 1.165) is 24.5 Å². The molecular formula is C15H20Cl2N4O. The van der Waals surface area contributed by atoms with Crippen molar-refractivity contribution in [1.29, 1.82) is 0 Å². The molecule has 2 N–H and O–H groups in total. The van der Waals surface area contributed by atoms with Crippen molar-refractivity contribution in [2.45, 2.75) is 25.6 Å². The number of hydrogen-bond donors (Lipinski definition) is 1. The van der Waals surface area contributed by atoms with E-state index < -0.39 is 0 Å². The van der Waals surface area contributed by atoms with E-state index in [1.807, 2.05) is 41.4 Å². The topological polar surface area (TPSA) is 64.2 Å². The number of carbonyl (C=O) groups excluding carboxylic acids is 1. The molecule has 120 valence electrons. The molecule has 22 heavy (non-hydrogen) atoms. The van der Waals surface area contributed by atoms with Gasteiger partial charge in [0.05, 0.1) is 6.54 Å². The van der Waals surface area contributed by atoms with Gasteiger partial charge in [0.25, 0.3) is 0 Å². The maximum Gasteiger partial charge on any atom is 0.224 e. The second-order valence-electron chi connectivity index (χ2n) is 5.07. The van der Waals surface area contributed by atoms with Gasteiger partial charge in [0.1, 0.15) is 5.82 Å². The third-order valence-corrected chi connectivity index (χ3v) is 3.72. The molecule has 0 aliphatic carbocycles. The zero-order valence-corrected chi connectivity index (χ0v) is 13.7. The summed E-state index contributed by atoms with van der Waals surface area (Å²) in [4.78, 5) is 18.4. The van der Waals surface area contributed by atoms with Crippen LogP contribution in [0.4, 0.5) is 0 Å². The Bertz CT molecular complexity index is 603. The number of nitrogens with zero attached hydrogens (tertiary/aromatic N) is 3. The molecule has 7 heteroatoms. The maximum absolute atomic E-state index is 12.3. The van der Waals surface area contributed by atoms with Crippen LogP contribution in [0.2, 0.25) is 0 Å². The summed E-state index contributed by atoms with van der Waals surface area (Å²) >= 11 is 0. The number of imidazole rings is 1. The number of halogens is 2. The number of hydrogen-bond acceptors (Lipinski definition) is 3. The molecule has 0 spiro atoms. The van der Waals surface area contributed by atoms with Crippen molar-refractivity contribution in [2.75, 3.05) is 6.54 Å². The largest absolute Gasteiger partial charge is 0.333 e. The molecule has 0 bridgehead atoms. The highest BCUT2D eigenvalue weighted by molar-refractivity contribution is 5.85. The fourth-order valence-electron chi connectivity index (χ4n) is 2.52. The summed E-state index contributed by atoms with van der Waals surface area (Å²) < 4.78 is 2.08. The van der Waals surface area contributed by atoms with Gasteiger partial charge in [0, 0.05) is 37.9 Å². The molecule has 1 aliphatic rings. The predicted molar refractivity (Wildman–Crippen MR) is 90.1 cm³/mol. The Kier molecular flexibility index (Phi) is 6.87. The molecule has 1 aromatic carbocycles. The van der Waals surface area contributed by atoms with Crippen molar-refractivity contribution in [3.8, 4) is 0 Å². The lowest BCUT2D eigenvalue weighted by molar-refractivity contribution is -0.133. The normalized spacial score (nSPS) is 14.3. The van der Waals surface area contributed by atoms with Gasteiger partial charge >= 0.3 is 0 Å². The predicted octanol–water partition coefficient (Wildman–Crippen LogP) is 2.16. The molecule has 0 saturated carbocycles. The van der Waals surface area contributed by atoms with E-state index in [2.05, 4.69) is 9.55 Å². The second kappa shape index (κ2) is 8.17. The number of amides is 1. The van der Waals surface area contributed by atoms with E-state index in [9.17, 15) is 4.79 Å². The minimum atomic E-state index is -0.245. The third-order valence-electron chi connectivity index (χ3n) is 3.72. The van der Waals surface area contributed by atoms with Crippen LogP contribution in [0.3, 0.4) is 0 Å². The Morgan fingerprint density at radius 3 is 2.68 bits per heavy atom. The third kappa shape index (κ3) is 4.00. The summed E-state index contributed by atoms with van der Waals surface area (Å²) in [6.45, 7) is 2.11. The lowest BCUT2D eigenvalue weighted by Crippen LogP contribution is -2.39. The SMILES string of the molecule is Cl.Cl.NC(CC(=O)N1CCn2ccnc2C1)c1ccccc1. The van der Waals surface area contributed by atoms with Gasteiger partial charge in [-0.05, 0) is 5.56 Å². The van der Waals surface area contributed by atoms with Crippen LogP contribution in [-0.4, -0.2) is 26.9 Å². The van der Waals surface area contributed by atoms with E-state index in [1.54, 1.807) is 6.20 Å². The monoisotopic (exact) mass is 342 g/mol. The van der Waals surface area contributed by atoms with Gasteiger partial charge in [0.2, 0.25) is 5.91 Å². The van der Waals surface area contributed by atoms with Crippen molar-refractivity contribution in [1.82, 2.24) is 14.5 Å². The molecule has 1 atom stereocenters. The van der Waals surface area contributed by atoms with Crippen molar-refractivity contribution in [3.63, 3.8) is 0 Å². The molecule has 2 heterocycles. The smallest absolute Gasteiger partial charge is 0.224 e. The Labute approximate surface area is 142 Å². The van der Waals surface area contributed by atoms with E-state index >= 15 is 0 Å². The van der Waals surface area contributed by atoms with Crippen molar-refractivity contribution < 1.29 is 4.79 Å². The number of aromatic nitrogens is 2. The van der Waals surface area contributed by atoms with Gasteiger partial charge < -0.3 is 15.2 Å². The van der Waals surface area contributed by atoms with E-state index in [4.69, 9.17) is 5.73 Å². The highest BCUT2D eigenvalue weighted by Gasteiger charge is 2.22. The Hall–Kier alpha value is -1.56. The minimum absolute atomic E-state index is 0. The average Bonchev–Trinajstić information content (AvgIpc) is 2.95. The van der Waals surface area contributed by atoms with Crippen LogP contribution in [-0.2, 0) is 17.9 Å². The minimum Gasteiger partial charge on any atom is -0.333 e. The quantitative estimate of drug-likeness (QED) is 0.929. The van der Waals surface area contributed by atoms with Gasteiger partial charge in [0.15, 0.2) is 0 Å². The number of rotatable bonds is 3. The van der Waals surface area contributed by atoms with E-state index in [0.29, 0.717) is 13.0 Å². The lowest BCUT2D eigenvalue weighted by atomic mass is 10.0. The van der Waals surface area contributed by atoms with Crippen LogP contribution < -0.4 is 5.73 Å². The van der Waals surface area contributed by atoms with Crippen LogP contribution in [0.25, 0.3) is 0 Å². The highest BCUT2D eigenvalue weighted by atomic mass is 35.5. The Morgan fingerprint density at radius 2 is 1.95 bits per heavy atom. The fraction of sp³-hybridized carbons (Fsp3) is 0.333. The van der Waals surface area contributed by atoms with E-state index in [1.165, 1.54) is 0 Å². The molecule has 0 saturated heterocycles. The van der Waals surface area contributed by atoms with Crippen LogP contribution in [0, 0.1) is 0 Å². The number of carbonyl (C=O) groups is 1.